The average molecular weight is 310 g/mol. The molecule has 1 aliphatic rings. The summed E-state index contributed by atoms with van der Waals surface area (Å²) in [5.41, 5.74) is -5.77. The molecule has 0 aromatic rings. The number of carboxylic acid groups (broad SMARTS) is 1. The van der Waals surface area contributed by atoms with Gasteiger partial charge in [-0.1, -0.05) is 0 Å². The van der Waals surface area contributed by atoms with E-state index in [0.717, 1.165) is 0 Å². The highest BCUT2D eigenvalue weighted by molar-refractivity contribution is 7.87. The summed E-state index contributed by atoms with van der Waals surface area (Å²) >= 11 is 0. The van der Waals surface area contributed by atoms with Crippen LogP contribution in [0.3, 0.4) is 0 Å². The van der Waals surface area contributed by atoms with Gasteiger partial charge in [0, 0.05) is 18.8 Å². The molecule has 0 unspecified atom stereocenters. The van der Waals surface area contributed by atoms with Crippen molar-refractivity contribution < 1.29 is 44.5 Å². The maximum Gasteiger partial charge on any atom is 0.534 e. The van der Waals surface area contributed by atoms with Gasteiger partial charge >= 0.3 is 21.6 Å². The molecule has 1 N–H and O–H groups in total. The third kappa shape index (κ3) is 3.78. The summed E-state index contributed by atoms with van der Waals surface area (Å²) in [6.45, 7) is 0. The summed E-state index contributed by atoms with van der Waals surface area (Å²) < 4.78 is 86.2. The standard InChI is InChI=1S/C8H7F5O5S/c9-7(10)2-4(3-7)5(1-6(14)15)18-19(16,17)8(11,12)13/h1,4H,2-3H2,(H,14,15)/b5-1-. The lowest BCUT2D eigenvalue weighted by atomic mass is 9.80. The second-order valence-corrected chi connectivity index (χ2v) is 5.37. The first-order valence-corrected chi connectivity index (χ1v) is 6.08. The monoisotopic (exact) mass is 310 g/mol. The number of hydrogen-bond donors (Lipinski definition) is 1. The second kappa shape index (κ2) is 4.62. The van der Waals surface area contributed by atoms with Crippen LogP contribution < -0.4 is 0 Å². The smallest absolute Gasteiger partial charge is 0.478 e. The topological polar surface area (TPSA) is 80.7 Å². The van der Waals surface area contributed by atoms with Crippen LogP contribution in [0.15, 0.2) is 11.8 Å². The Kier molecular flexibility index (Phi) is 3.81. The van der Waals surface area contributed by atoms with E-state index in [-0.39, 0.29) is 6.08 Å². The Morgan fingerprint density at radius 1 is 1.32 bits per heavy atom. The van der Waals surface area contributed by atoms with Crippen molar-refractivity contribution in [2.24, 2.45) is 5.92 Å². The Labute approximate surface area is 103 Å². The number of hydrogen-bond acceptors (Lipinski definition) is 4. The fourth-order valence-electron chi connectivity index (χ4n) is 1.37. The molecule has 1 aliphatic carbocycles. The van der Waals surface area contributed by atoms with Crippen LogP contribution in [0.4, 0.5) is 22.0 Å². The van der Waals surface area contributed by atoms with Crippen LogP contribution >= 0.6 is 0 Å². The maximum atomic E-state index is 12.6. The van der Waals surface area contributed by atoms with Crippen molar-refractivity contribution in [3.8, 4) is 0 Å². The number of rotatable bonds is 4. The zero-order valence-corrected chi connectivity index (χ0v) is 9.76. The highest BCUT2D eigenvalue weighted by Gasteiger charge is 2.53. The molecular weight excluding hydrogens is 303 g/mol. The summed E-state index contributed by atoms with van der Waals surface area (Å²) in [7, 11) is -6.08. The van der Waals surface area contributed by atoms with E-state index in [1.54, 1.807) is 0 Å². The highest BCUT2D eigenvalue weighted by Crippen LogP contribution is 2.47. The SMILES string of the molecule is O=C(O)/C=C(\OS(=O)(=O)C(F)(F)F)C1CC(F)(F)C1. The van der Waals surface area contributed by atoms with Crippen molar-refractivity contribution in [3.05, 3.63) is 11.8 Å². The normalized spacial score (nSPS) is 20.8. The zero-order chi connectivity index (χ0) is 15.1. The summed E-state index contributed by atoms with van der Waals surface area (Å²) in [4.78, 5) is 10.3. The number of alkyl halides is 5. The van der Waals surface area contributed by atoms with E-state index < -0.39 is 52.0 Å². The Morgan fingerprint density at radius 2 is 1.79 bits per heavy atom. The summed E-state index contributed by atoms with van der Waals surface area (Å²) in [5, 5.41) is 8.36. The van der Waals surface area contributed by atoms with Crippen molar-refractivity contribution in [1.29, 1.82) is 0 Å². The van der Waals surface area contributed by atoms with E-state index in [1.807, 2.05) is 0 Å². The van der Waals surface area contributed by atoms with Crippen LogP contribution in [-0.2, 0) is 19.1 Å². The first-order chi connectivity index (χ1) is 8.34. The molecule has 0 heterocycles. The molecule has 1 saturated carbocycles. The molecule has 11 heteroatoms. The number of carboxylic acids is 1. The molecule has 0 aromatic heterocycles. The minimum absolute atomic E-state index is 0.0309. The molecule has 0 aromatic carbocycles. The molecule has 0 radical (unpaired) electrons. The summed E-state index contributed by atoms with van der Waals surface area (Å²) in [6.07, 6.45) is -1.91. The molecular formula is C8H7F5O5S. The van der Waals surface area contributed by atoms with Crippen molar-refractivity contribution >= 4 is 16.1 Å². The summed E-state index contributed by atoms with van der Waals surface area (Å²) in [6, 6.07) is 0. The van der Waals surface area contributed by atoms with Crippen LogP contribution in [0.5, 0.6) is 0 Å². The van der Waals surface area contributed by atoms with Gasteiger partial charge in [-0.3, -0.25) is 0 Å². The fraction of sp³-hybridized carbons (Fsp3) is 0.625. The first kappa shape index (κ1) is 15.7. The lowest BCUT2D eigenvalue weighted by molar-refractivity contribution is -0.132. The Bertz CT molecular complexity index is 498. The number of aliphatic carboxylic acids is 1. The molecule has 0 atom stereocenters. The highest BCUT2D eigenvalue weighted by atomic mass is 32.2. The molecule has 0 bridgehead atoms. The lowest BCUT2D eigenvalue weighted by Crippen LogP contribution is -2.38. The first-order valence-electron chi connectivity index (χ1n) is 4.67. The predicted molar refractivity (Wildman–Crippen MR) is 49.4 cm³/mol. The molecule has 19 heavy (non-hydrogen) atoms. The van der Waals surface area contributed by atoms with Gasteiger partial charge in [-0.05, 0) is 0 Å². The number of carbonyl (C=O) groups is 1. The molecule has 1 rings (SSSR count). The van der Waals surface area contributed by atoms with Crippen LogP contribution in [0, 0.1) is 5.92 Å². The van der Waals surface area contributed by atoms with E-state index in [4.69, 9.17) is 5.11 Å². The van der Waals surface area contributed by atoms with Crippen molar-refractivity contribution in [2.45, 2.75) is 24.3 Å². The fourth-order valence-corrected chi connectivity index (χ4v) is 1.90. The van der Waals surface area contributed by atoms with Gasteiger partial charge in [0.15, 0.2) is 0 Å². The molecule has 0 spiro atoms. The molecule has 0 aliphatic heterocycles. The van der Waals surface area contributed by atoms with E-state index >= 15 is 0 Å². The van der Waals surface area contributed by atoms with Gasteiger partial charge in [-0.25, -0.2) is 13.6 Å². The van der Waals surface area contributed by atoms with Crippen molar-refractivity contribution in [2.75, 3.05) is 0 Å². The quantitative estimate of drug-likeness (QED) is 0.282. The van der Waals surface area contributed by atoms with Gasteiger partial charge in [0.2, 0.25) is 5.92 Å². The number of halogens is 5. The zero-order valence-electron chi connectivity index (χ0n) is 8.95. The Balaban J connectivity index is 2.94. The molecule has 1 fully saturated rings. The third-order valence-corrected chi connectivity index (χ3v) is 3.23. The van der Waals surface area contributed by atoms with E-state index in [0.29, 0.717) is 0 Å². The van der Waals surface area contributed by atoms with Crippen molar-refractivity contribution in [1.82, 2.24) is 0 Å². The minimum Gasteiger partial charge on any atom is -0.478 e. The summed E-state index contributed by atoms with van der Waals surface area (Å²) in [5.74, 6) is -7.52. The number of allylic oxidation sites excluding steroid dienone is 1. The second-order valence-electron chi connectivity index (χ2n) is 3.83. The van der Waals surface area contributed by atoms with Crippen LogP contribution in [0.2, 0.25) is 0 Å². The molecule has 0 saturated heterocycles. The minimum atomic E-state index is -6.08. The van der Waals surface area contributed by atoms with Crippen LogP contribution in [-0.4, -0.2) is 30.9 Å². The van der Waals surface area contributed by atoms with E-state index in [2.05, 4.69) is 4.18 Å². The van der Waals surface area contributed by atoms with Gasteiger partial charge in [0.05, 0.1) is 6.08 Å². The average Bonchev–Trinajstić information content (AvgIpc) is 2.09. The largest absolute Gasteiger partial charge is 0.534 e. The van der Waals surface area contributed by atoms with Gasteiger partial charge < -0.3 is 9.29 Å². The maximum absolute atomic E-state index is 12.6. The van der Waals surface area contributed by atoms with E-state index in [9.17, 15) is 35.2 Å². The molecule has 0 amide bonds. The van der Waals surface area contributed by atoms with Crippen molar-refractivity contribution in [3.63, 3.8) is 0 Å². The lowest BCUT2D eigenvalue weighted by Gasteiger charge is -2.35. The third-order valence-electron chi connectivity index (χ3n) is 2.25. The Morgan fingerprint density at radius 3 is 2.11 bits per heavy atom. The molecule has 110 valence electrons. The van der Waals surface area contributed by atoms with Gasteiger partial charge in [-0.15, -0.1) is 0 Å². The van der Waals surface area contributed by atoms with E-state index in [1.165, 1.54) is 0 Å². The van der Waals surface area contributed by atoms with Gasteiger partial charge in [0.25, 0.3) is 0 Å². The van der Waals surface area contributed by atoms with Gasteiger partial charge in [0.1, 0.15) is 5.76 Å². The van der Waals surface area contributed by atoms with Crippen LogP contribution in [0.25, 0.3) is 0 Å². The predicted octanol–water partition coefficient (Wildman–Crippen LogP) is 1.87. The molecule has 5 nitrogen and oxygen atoms in total. The Hall–Kier alpha value is -1.39. The van der Waals surface area contributed by atoms with Crippen LogP contribution in [0.1, 0.15) is 12.8 Å². The van der Waals surface area contributed by atoms with Gasteiger partial charge in [-0.2, -0.15) is 21.6 Å².